The van der Waals surface area contributed by atoms with Gasteiger partial charge in [0.2, 0.25) is 5.95 Å². The van der Waals surface area contributed by atoms with Crippen LogP contribution < -0.4 is 10.2 Å². The highest BCUT2D eigenvalue weighted by molar-refractivity contribution is 6.06. The zero-order valence-corrected chi connectivity index (χ0v) is 23.1. The quantitative estimate of drug-likeness (QED) is 0.297. The first kappa shape index (κ1) is 25.5. The maximum absolute atomic E-state index is 12.2. The van der Waals surface area contributed by atoms with Crippen molar-refractivity contribution in [1.29, 1.82) is 0 Å². The number of ether oxygens (including phenoxy) is 1. The Morgan fingerprint density at radius 1 is 1.00 bits per heavy atom. The lowest BCUT2D eigenvalue weighted by molar-refractivity contribution is -0.156. The first-order valence-corrected chi connectivity index (χ1v) is 14.1. The van der Waals surface area contributed by atoms with E-state index in [1.54, 1.807) is 0 Å². The summed E-state index contributed by atoms with van der Waals surface area (Å²) in [5.41, 5.74) is 2.74. The largest absolute Gasteiger partial charge is 0.460 e. The zero-order valence-electron chi connectivity index (χ0n) is 23.1. The number of nitrogens with zero attached hydrogens (tertiary/aromatic N) is 6. The van der Waals surface area contributed by atoms with Gasteiger partial charge in [-0.1, -0.05) is 12.8 Å². The van der Waals surface area contributed by atoms with Gasteiger partial charge >= 0.3 is 5.97 Å². The molecule has 9 heteroatoms. The molecule has 0 aromatic carbocycles. The summed E-state index contributed by atoms with van der Waals surface area (Å²) in [6, 6.07) is 6.57. The summed E-state index contributed by atoms with van der Waals surface area (Å²) in [7, 11) is 0. The van der Waals surface area contributed by atoms with E-state index in [0.29, 0.717) is 30.1 Å². The van der Waals surface area contributed by atoms with E-state index in [-0.39, 0.29) is 5.97 Å². The number of hydrogen-bond donors (Lipinski definition) is 1. The highest BCUT2D eigenvalue weighted by Gasteiger charge is 2.25. The normalized spacial score (nSPS) is 17.3. The van der Waals surface area contributed by atoms with Crippen molar-refractivity contribution in [2.75, 3.05) is 23.3 Å². The molecule has 2 aliphatic rings. The molecule has 9 nitrogen and oxygen atoms in total. The lowest BCUT2D eigenvalue weighted by Gasteiger charge is -2.33. The van der Waals surface area contributed by atoms with Crippen LogP contribution in [0, 0.1) is 5.92 Å². The van der Waals surface area contributed by atoms with E-state index in [2.05, 4.69) is 41.9 Å². The van der Waals surface area contributed by atoms with Crippen molar-refractivity contribution in [2.45, 2.75) is 77.4 Å². The molecule has 0 radical (unpaired) electrons. The Labute approximate surface area is 229 Å². The van der Waals surface area contributed by atoms with Crippen LogP contribution in [0.4, 0.5) is 17.5 Å². The molecule has 1 saturated carbocycles. The van der Waals surface area contributed by atoms with Gasteiger partial charge in [0.1, 0.15) is 17.1 Å². The molecule has 4 aromatic heterocycles. The molecule has 6 rings (SSSR count). The minimum absolute atomic E-state index is 0.0984. The first-order valence-electron chi connectivity index (χ1n) is 14.1. The Morgan fingerprint density at radius 3 is 2.51 bits per heavy atom. The van der Waals surface area contributed by atoms with Crippen LogP contribution in [0.15, 0.2) is 43.0 Å². The summed E-state index contributed by atoms with van der Waals surface area (Å²) in [5, 5.41) is 5.51. The summed E-state index contributed by atoms with van der Waals surface area (Å²) >= 11 is 0. The maximum Gasteiger partial charge on any atom is 0.306 e. The van der Waals surface area contributed by atoms with Crippen LogP contribution in [0.5, 0.6) is 0 Å². The summed E-state index contributed by atoms with van der Waals surface area (Å²) in [6.07, 6.45) is 14.9. The van der Waals surface area contributed by atoms with Gasteiger partial charge in [0.15, 0.2) is 0 Å². The van der Waals surface area contributed by atoms with Crippen LogP contribution in [-0.2, 0) is 9.53 Å². The molecule has 204 valence electrons. The van der Waals surface area contributed by atoms with Gasteiger partial charge in [0, 0.05) is 48.7 Å². The molecule has 39 heavy (non-hydrogen) atoms. The molecule has 0 unspecified atom stereocenters. The number of esters is 1. The van der Waals surface area contributed by atoms with E-state index in [4.69, 9.17) is 9.72 Å². The van der Waals surface area contributed by atoms with E-state index in [1.807, 2.05) is 51.6 Å². The number of carbonyl (C=O) groups excluding carboxylic acids is 1. The molecular formula is C30H37N7O2. The predicted octanol–water partition coefficient (Wildman–Crippen LogP) is 6.18. The Morgan fingerprint density at radius 2 is 1.79 bits per heavy atom. The smallest absolute Gasteiger partial charge is 0.306 e. The van der Waals surface area contributed by atoms with Gasteiger partial charge in [-0.3, -0.25) is 9.78 Å². The minimum Gasteiger partial charge on any atom is -0.460 e. The molecule has 0 spiro atoms. The van der Waals surface area contributed by atoms with E-state index in [9.17, 15) is 4.79 Å². The lowest BCUT2D eigenvalue weighted by Crippen LogP contribution is -2.35. The van der Waals surface area contributed by atoms with Crippen LogP contribution in [0.2, 0.25) is 0 Å². The zero-order chi connectivity index (χ0) is 27.0. The molecule has 4 aromatic rings. The lowest BCUT2D eigenvalue weighted by atomic mass is 9.93. The molecule has 0 bridgehead atoms. The van der Waals surface area contributed by atoms with Gasteiger partial charge in [0.25, 0.3) is 0 Å². The highest BCUT2D eigenvalue weighted by Crippen LogP contribution is 2.37. The Balaban J connectivity index is 1.13. The van der Waals surface area contributed by atoms with Crippen molar-refractivity contribution in [3.8, 4) is 0 Å². The van der Waals surface area contributed by atoms with Crippen molar-refractivity contribution in [1.82, 2.24) is 24.5 Å². The van der Waals surface area contributed by atoms with Crippen molar-refractivity contribution in [3.05, 3.63) is 43.0 Å². The number of pyridine rings is 2. The van der Waals surface area contributed by atoms with Crippen molar-refractivity contribution >= 4 is 45.4 Å². The number of hydrogen-bond acceptors (Lipinski definition) is 8. The monoisotopic (exact) mass is 527 g/mol. The number of nitrogens with one attached hydrogen (secondary N) is 1. The van der Waals surface area contributed by atoms with E-state index >= 15 is 0 Å². The summed E-state index contributed by atoms with van der Waals surface area (Å²) in [5.74, 6) is 1.52. The topological polar surface area (TPSA) is 98.1 Å². The minimum atomic E-state index is -0.429. The Bertz CT molecular complexity index is 1460. The average Bonchev–Trinajstić information content (AvgIpc) is 3.54. The van der Waals surface area contributed by atoms with Crippen LogP contribution in [0.25, 0.3) is 21.9 Å². The van der Waals surface area contributed by atoms with Gasteiger partial charge in [0.05, 0.1) is 23.6 Å². The van der Waals surface area contributed by atoms with Crippen LogP contribution in [0.3, 0.4) is 0 Å². The first-order chi connectivity index (χ1) is 18.8. The molecular weight excluding hydrogens is 490 g/mol. The van der Waals surface area contributed by atoms with Crippen molar-refractivity contribution in [2.24, 2.45) is 5.92 Å². The third-order valence-corrected chi connectivity index (χ3v) is 7.88. The van der Waals surface area contributed by atoms with Gasteiger partial charge in [-0.25, -0.2) is 9.97 Å². The second-order valence-corrected chi connectivity index (χ2v) is 11.9. The Hall–Kier alpha value is -3.75. The summed E-state index contributed by atoms with van der Waals surface area (Å²) < 4.78 is 7.86. The second kappa shape index (κ2) is 10.4. The van der Waals surface area contributed by atoms with Gasteiger partial charge in [-0.2, -0.15) is 4.98 Å². The van der Waals surface area contributed by atoms with E-state index in [0.717, 1.165) is 53.6 Å². The number of aromatic nitrogens is 5. The third kappa shape index (κ3) is 5.53. The molecule has 1 aliphatic carbocycles. The number of piperidine rings is 1. The number of fused-ring (bicyclic) bond motifs is 3. The van der Waals surface area contributed by atoms with E-state index in [1.165, 1.54) is 25.7 Å². The predicted molar refractivity (Wildman–Crippen MR) is 153 cm³/mol. The van der Waals surface area contributed by atoms with Crippen LogP contribution in [-0.4, -0.2) is 49.2 Å². The number of anilines is 3. The fourth-order valence-electron chi connectivity index (χ4n) is 6.03. The summed E-state index contributed by atoms with van der Waals surface area (Å²) in [6.45, 7) is 7.55. The fourth-order valence-corrected chi connectivity index (χ4v) is 6.03. The standard InChI is InChI=1S/C30H37N7O2/c1-30(2,3)39-27(38)16-20-11-14-36(15-12-20)22-8-9-26(32-17-22)34-29-33-18-24-23-10-13-31-19-25(23)37(28(24)35-29)21-6-4-5-7-21/h8-10,13,17-21H,4-7,11-12,14-16H2,1-3H3,(H,32,33,34,35). The van der Waals surface area contributed by atoms with Gasteiger partial charge in [-0.15, -0.1) is 0 Å². The van der Waals surface area contributed by atoms with Crippen LogP contribution >= 0.6 is 0 Å². The van der Waals surface area contributed by atoms with Crippen molar-refractivity contribution < 1.29 is 9.53 Å². The SMILES string of the molecule is CC(C)(C)OC(=O)CC1CCN(c2ccc(Nc3ncc4c5ccncc5n(C5CCCC5)c4n3)nc2)CC1. The molecule has 1 N–H and O–H groups in total. The molecule has 1 aliphatic heterocycles. The Kier molecular flexibility index (Phi) is 6.83. The third-order valence-electron chi connectivity index (χ3n) is 7.88. The van der Waals surface area contributed by atoms with Gasteiger partial charge < -0.3 is 19.5 Å². The second-order valence-electron chi connectivity index (χ2n) is 11.9. The maximum atomic E-state index is 12.2. The van der Waals surface area contributed by atoms with E-state index < -0.39 is 5.60 Å². The van der Waals surface area contributed by atoms with Gasteiger partial charge in [-0.05, 0) is 70.6 Å². The highest BCUT2D eigenvalue weighted by atomic mass is 16.6. The molecule has 1 saturated heterocycles. The van der Waals surface area contributed by atoms with Crippen molar-refractivity contribution in [3.63, 3.8) is 0 Å². The molecule has 2 fully saturated rings. The molecule has 5 heterocycles. The molecule has 0 amide bonds. The average molecular weight is 528 g/mol. The van der Waals surface area contributed by atoms with Crippen LogP contribution in [0.1, 0.15) is 71.8 Å². The number of rotatable bonds is 6. The number of carbonyl (C=O) groups is 1. The fraction of sp³-hybridized carbons (Fsp3) is 0.500. The molecule has 0 atom stereocenters. The summed E-state index contributed by atoms with van der Waals surface area (Å²) in [4.78, 5) is 33.1.